The van der Waals surface area contributed by atoms with Crippen molar-refractivity contribution >= 4 is 11.9 Å². The van der Waals surface area contributed by atoms with Crippen molar-refractivity contribution in [2.45, 2.75) is 19.8 Å². The number of hydrogen-bond acceptors (Lipinski definition) is 4. The Morgan fingerprint density at radius 1 is 1.53 bits per heavy atom. The van der Waals surface area contributed by atoms with Crippen LogP contribution < -0.4 is 5.73 Å². The molecule has 0 atom stereocenters. The molecular weight excluding hydrogens is 198 g/mol. The molecule has 6 heteroatoms. The lowest BCUT2D eigenvalue weighted by atomic mass is 9.79. The number of carbonyl (C=O) groups excluding carboxylic acids is 1. The minimum absolute atomic E-state index is 0.229. The maximum Gasteiger partial charge on any atom is 0.409 e. The van der Waals surface area contributed by atoms with Crippen molar-refractivity contribution in [3.63, 3.8) is 0 Å². The lowest BCUT2D eigenvalue weighted by molar-refractivity contribution is 0.0993. The van der Waals surface area contributed by atoms with Crippen LogP contribution >= 0.6 is 0 Å². The summed E-state index contributed by atoms with van der Waals surface area (Å²) >= 11 is 0. The SMILES string of the molecule is COC(=O)N1CCC(C)(C(N)=NO)CC1. The van der Waals surface area contributed by atoms with Crippen LogP contribution in [0.4, 0.5) is 4.79 Å². The van der Waals surface area contributed by atoms with Crippen molar-refractivity contribution < 1.29 is 14.7 Å². The quantitative estimate of drug-likeness (QED) is 0.290. The third kappa shape index (κ3) is 2.31. The number of amides is 1. The predicted molar refractivity (Wildman–Crippen MR) is 54.7 cm³/mol. The number of hydrogen-bond donors (Lipinski definition) is 2. The van der Waals surface area contributed by atoms with Gasteiger partial charge in [0.05, 0.1) is 7.11 Å². The van der Waals surface area contributed by atoms with Gasteiger partial charge in [-0.05, 0) is 12.8 Å². The smallest absolute Gasteiger partial charge is 0.409 e. The van der Waals surface area contributed by atoms with Gasteiger partial charge in [0.2, 0.25) is 0 Å². The van der Waals surface area contributed by atoms with E-state index in [1.165, 1.54) is 7.11 Å². The zero-order valence-corrected chi connectivity index (χ0v) is 9.06. The molecule has 0 radical (unpaired) electrons. The van der Waals surface area contributed by atoms with Gasteiger partial charge in [-0.25, -0.2) is 4.79 Å². The van der Waals surface area contributed by atoms with Crippen LogP contribution in [0.2, 0.25) is 0 Å². The zero-order chi connectivity index (χ0) is 11.5. The van der Waals surface area contributed by atoms with Crippen molar-refractivity contribution in [1.29, 1.82) is 0 Å². The van der Waals surface area contributed by atoms with Crippen molar-refractivity contribution in [3.05, 3.63) is 0 Å². The van der Waals surface area contributed by atoms with E-state index >= 15 is 0 Å². The van der Waals surface area contributed by atoms with Gasteiger partial charge in [0, 0.05) is 18.5 Å². The molecule has 3 N–H and O–H groups in total. The standard InChI is InChI=1S/C9H17N3O3/c1-9(7(10)11-14)3-5-12(6-4-9)8(13)15-2/h14H,3-6H2,1-2H3,(H2,10,11). The van der Waals surface area contributed by atoms with Crippen molar-refractivity contribution in [2.75, 3.05) is 20.2 Å². The molecule has 0 saturated carbocycles. The number of likely N-dealkylation sites (tertiary alicyclic amines) is 1. The van der Waals surface area contributed by atoms with Crippen LogP contribution in [0.5, 0.6) is 0 Å². The number of oxime groups is 1. The third-order valence-corrected chi connectivity index (χ3v) is 3.03. The minimum atomic E-state index is -0.323. The first-order valence-electron chi connectivity index (χ1n) is 4.84. The number of amidine groups is 1. The first-order chi connectivity index (χ1) is 7.03. The Kier molecular flexibility index (Phi) is 3.39. The van der Waals surface area contributed by atoms with Crippen LogP contribution in [0, 0.1) is 5.41 Å². The van der Waals surface area contributed by atoms with Gasteiger partial charge in [0.15, 0.2) is 0 Å². The summed E-state index contributed by atoms with van der Waals surface area (Å²) in [6.45, 7) is 3.06. The molecule has 0 aromatic rings. The van der Waals surface area contributed by atoms with Crippen LogP contribution in [-0.4, -0.2) is 42.2 Å². The van der Waals surface area contributed by atoms with Crippen molar-refractivity contribution in [3.8, 4) is 0 Å². The molecule has 0 aliphatic carbocycles. The summed E-state index contributed by atoms with van der Waals surface area (Å²) in [6, 6.07) is 0. The van der Waals surface area contributed by atoms with Crippen LogP contribution in [0.25, 0.3) is 0 Å². The highest BCUT2D eigenvalue weighted by molar-refractivity contribution is 5.86. The van der Waals surface area contributed by atoms with E-state index in [1.54, 1.807) is 4.90 Å². The number of piperidine rings is 1. The van der Waals surface area contributed by atoms with Gasteiger partial charge in [-0.2, -0.15) is 0 Å². The molecular formula is C9H17N3O3. The predicted octanol–water partition coefficient (Wildman–Crippen LogP) is 0.601. The summed E-state index contributed by atoms with van der Waals surface area (Å²) < 4.78 is 4.62. The monoisotopic (exact) mass is 215 g/mol. The first-order valence-corrected chi connectivity index (χ1v) is 4.84. The number of methoxy groups -OCH3 is 1. The normalized spacial score (nSPS) is 21.2. The Labute approximate surface area is 88.7 Å². The van der Waals surface area contributed by atoms with Gasteiger partial charge < -0.3 is 20.6 Å². The highest BCUT2D eigenvalue weighted by Gasteiger charge is 2.35. The molecule has 1 rings (SSSR count). The summed E-state index contributed by atoms with van der Waals surface area (Å²) in [5.41, 5.74) is 5.28. The van der Waals surface area contributed by atoms with Crippen LogP contribution in [0.15, 0.2) is 5.16 Å². The molecule has 0 aromatic heterocycles. The molecule has 1 heterocycles. The Morgan fingerprint density at radius 2 is 2.07 bits per heavy atom. The molecule has 1 fully saturated rings. The van der Waals surface area contributed by atoms with E-state index in [0.29, 0.717) is 25.9 Å². The molecule has 1 amide bonds. The van der Waals surface area contributed by atoms with Gasteiger partial charge in [-0.15, -0.1) is 0 Å². The molecule has 6 nitrogen and oxygen atoms in total. The molecule has 0 aromatic carbocycles. The fraction of sp³-hybridized carbons (Fsp3) is 0.778. The second kappa shape index (κ2) is 4.37. The highest BCUT2D eigenvalue weighted by Crippen LogP contribution is 2.31. The Morgan fingerprint density at radius 3 is 2.47 bits per heavy atom. The average Bonchev–Trinajstić information content (AvgIpc) is 2.28. The van der Waals surface area contributed by atoms with Crippen molar-refractivity contribution in [2.24, 2.45) is 16.3 Å². The van der Waals surface area contributed by atoms with Crippen molar-refractivity contribution in [1.82, 2.24) is 4.90 Å². The second-order valence-electron chi connectivity index (χ2n) is 4.00. The van der Waals surface area contributed by atoms with E-state index in [2.05, 4.69) is 9.89 Å². The highest BCUT2D eigenvalue weighted by atomic mass is 16.5. The van der Waals surface area contributed by atoms with Gasteiger partial charge in [-0.1, -0.05) is 12.1 Å². The number of carbonyl (C=O) groups is 1. The van der Waals surface area contributed by atoms with Crippen LogP contribution in [-0.2, 0) is 4.74 Å². The minimum Gasteiger partial charge on any atom is -0.453 e. The topological polar surface area (TPSA) is 88.2 Å². The lowest BCUT2D eigenvalue weighted by Crippen LogP contribution is -2.47. The summed E-state index contributed by atoms with van der Waals surface area (Å²) in [4.78, 5) is 12.8. The molecule has 1 aliphatic rings. The van der Waals surface area contributed by atoms with Gasteiger partial charge in [0.25, 0.3) is 0 Å². The summed E-state index contributed by atoms with van der Waals surface area (Å²) in [5.74, 6) is 0.229. The van der Waals surface area contributed by atoms with E-state index < -0.39 is 0 Å². The Balaban J connectivity index is 2.59. The van der Waals surface area contributed by atoms with Crippen LogP contribution in [0.3, 0.4) is 0 Å². The fourth-order valence-electron chi connectivity index (χ4n) is 1.69. The van der Waals surface area contributed by atoms with Gasteiger partial charge in [-0.3, -0.25) is 0 Å². The maximum absolute atomic E-state index is 11.2. The fourth-order valence-corrected chi connectivity index (χ4v) is 1.69. The number of nitrogens with two attached hydrogens (primary N) is 1. The molecule has 86 valence electrons. The molecule has 0 bridgehead atoms. The van der Waals surface area contributed by atoms with Gasteiger partial charge >= 0.3 is 6.09 Å². The Bertz CT molecular complexity index is 270. The van der Waals surface area contributed by atoms with E-state index in [9.17, 15) is 4.79 Å². The number of ether oxygens (including phenoxy) is 1. The van der Waals surface area contributed by atoms with Gasteiger partial charge in [0.1, 0.15) is 5.84 Å². The van der Waals surface area contributed by atoms with E-state index in [1.807, 2.05) is 6.92 Å². The molecule has 15 heavy (non-hydrogen) atoms. The molecule has 0 spiro atoms. The van der Waals surface area contributed by atoms with E-state index in [-0.39, 0.29) is 17.3 Å². The molecule has 1 saturated heterocycles. The summed E-state index contributed by atoms with van der Waals surface area (Å²) in [7, 11) is 1.36. The Hall–Kier alpha value is -1.46. The number of rotatable bonds is 1. The average molecular weight is 215 g/mol. The van der Waals surface area contributed by atoms with E-state index in [0.717, 1.165) is 0 Å². The summed E-state index contributed by atoms with van der Waals surface area (Å²) in [6.07, 6.45) is 1.03. The largest absolute Gasteiger partial charge is 0.453 e. The van der Waals surface area contributed by atoms with E-state index in [4.69, 9.17) is 10.9 Å². The first kappa shape index (κ1) is 11.6. The molecule has 1 aliphatic heterocycles. The zero-order valence-electron chi connectivity index (χ0n) is 9.06. The number of nitrogens with zero attached hydrogens (tertiary/aromatic N) is 2. The third-order valence-electron chi connectivity index (χ3n) is 3.03. The van der Waals surface area contributed by atoms with Crippen LogP contribution in [0.1, 0.15) is 19.8 Å². The summed E-state index contributed by atoms with van der Waals surface area (Å²) in [5, 5.41) is 11.7. The maximum atomic E-state index is 11.2. The second-order valence-corrected chi connectivity index (χ2v) is 4.00. The lowest BCUT2D eigenvalue weighted by Gasteiger charge is -2.37. The molecule has 0 unspecified atom stereocenters.